The zero-order valence-electron chi connectivity index (χ0n) is 37.1. The molecule has 0 nitrogen and oxygen atoms in total. The SMILES string of the molecule is Cc1ccccc1-c1[c-]c2c(cc1C(C)(C)C)-c1cc(C(C)(C)C)c(-c3ccccc3C)cc1C2.FC(F)(F)c1ccc([C](=[Zr+2])c2ccc(C(F)(F)F)cc2)cc1.[Cl-].[Cl-].c1cc[cH-]c1. The Morgan fingerprint density at radius 3 is 1.36 bits per heavy atom. The Labute approximate surface area is 401 Å². The fraction of sp³-hybridized carbons (Fsp3) is 0.236. The molecule has 1 aliphatic carbocycles. The first-order valence-corrected chi connectivity index (χ1v) is 21.8. The normalized spacial score (nSPS) is 12.0. The second-order valence-electron chi connectivity index (χ2n) is 17.8. The van der Waals surface area contributed by atoms with Gasteiger partial charge in [0.05, 0.1) is 0 Å². The molecule has 8 rings (SSSR count). The summed E-state index contributed by atoms with van der Waals surface area (Å²) in [6, 6.07) is 48.0. The summed E-state index contributed by atoms with van der Waals surface area (Å²) in [6.45, 7) is 18.4. The van der Waals surface area contributed by atoms with Crippen molar-refractivity contribution in [3.05, 3.63) is 207 Å². The molecule has 0 heterocycles. The molecule has 7 aromatic rings. The minimum absolute atomic E-state index is 0. The fourth-order valence-electron chi connectivity index (χ4n) is 7.72. The van der Waals surface area contributed by atoms with Gasteiger partial charge in [-0.3, -0.25) is 0 Å². The van der Waals surface area contributed by atoms with Crippen LogP contribution in [0.1, 0.15) is 97.2 Å². The van der Waals surface area contributed by atoms with E-state index in [9.17, 15) is 26.3 Å². The zero-order valence-corrected chi connectivity index (χ0v) is 41.1. The molecule has 0 amide bonds. The average Bonchev–Trinajstić information content (AvgIpc) is 3.91. The largest absolute Gasteiger partial charge is 1.00 e. The maximum Gasteiger partial charge on any atom is -0.172 e. The van der Waals surface area contributed by atoms with E-state index in [1.54, 1.807) is 0 Å². The third-order valence-electron chi connectivity index (χ3n) is 11.1. The molecule has 0 saturated carbocycles. The molecule has 7 aromatic carbocycles. The molecule has 0 aliphatic heterocycles. The third kappa shape index (κ3) is 12.3. The van der Waals surface area contributed by atoms with E-state index in [4.69, 9.17) is 0 Å². The minimum atomic E-state index is -4.41. The van der Waals surface area contributed by atoms with Crippen molar-refractivity contribution in [2.45, 2.75) is 85.0 Å². The monoisotopic (exact) mass is 984 g/mol. The van der Waals surface area contributed by atoms with Gasteiger partial charge in [-0.25, -0.2) is 12.1 Å². The molecule has 0 N–H and O–H groups in total. The van der Waals surface area contributed by atoms with Gasteiger partial charge in [-0.2, -0.15) is 18.2 Å². The molecule has 1 aliphatic rings. The number of aryl methyl sites for hydroxylation is 2. The van der Waals surface area contributed by atoms with Gasteiger partial charge in [-0.1, -0.05) is 124 Å². The van der Waals surface area contributed by atoms with Gasteiger partial charge in [0.25, 0.3) is 0 Å². The summed E-state index contributed by atoms with van der Waals surface area (Å²) in [5.74, 6) is 0. The predicted molar refractivity (Wildman–Crippen MR) is 239 cm³/mol. The van der Waals surface area contributed by atoms with Crippen LogP contribution in [0.4, 0.5) is 26.3 Å². The molecule has 0 radical (unpaired) electrons. The van der Waals surface area contributed by atoms with E-state index in [1.807, 2.05) is 30.3 Å². The summed E-state index contributed by atoms with van der Waals surface area (Å²) >= 11 is 0.898. The standard InChI is InChI=1S/C35H37.C15H8F6.C5H5.2ClH.Zr/c1-22-13-9-11-15-26(22)30-18-24-17-25-19-31(27-16-12-10-14-23(27)2)33(35(6,7)8)21-29(25)28(24)20-32(30)34(3,4)5;16-14(17,18)12-5-1-10(2-6-12)9-11-3-7-13(8-4-11)15(19,20)21;1-2-4-5-3-1;;;/h9-16,18,20-21H,17H2,1-8H3;1-8H;1-5H;2*1H;/q-1;;-1;;;+2/p-2. The molecule has 0 aromatic heterocycles. The van der Waals surface area contributed by atoms with E-state index in [0.29, 0.717) is 14.3 Å². The van der Waals surface area contributed by atoms with Gasteiger partial charge in [0.2, 0.25) is 0 Å². The van der Waals surface area contributed by atoms with Crippen molar-refractivity contribution in [3.63, 3.8) is 0 Å². The van der Waals surface area contributed by atoms with E-state index < -0.39 is 23.5 Å². The summed E-state index contributed by atoms with van der Waals surface area (Å²) in [4.78, 5) is 0. The van der Waals surface area contributed by atoms with Crippen molar-refractivity contribution in [2.75, 3.05) is 0 Å². The Balaban J connectivity index is 0.000000265. The fourth-order valence-corrected chi connectivity index (χ4v) is 8.54. The maximum atomic E-state index is 12.5. The van der Waals surface area contributed by atoms with Crippen molar-refractivity contribution in [2.24, 2.45) is 0 Å². The third-order valence-corrected chi connectivity index (χ3v) is 12.5. The molecule has 0 spiro atoms. The van der Waals surface area contributed by atoms with Crippen LogP contribution in [0.3, 0.4) is 0 Å². The Hall–Kier alpha value is -4.42. The molecule has 0 unspecified atom stereocenters. The topological polar surface area (TPSA) is 0 Å². The quantitative estimate of drug-likeness (QED) is 0.122. The van der Waals surface area contributed by atoms with Crippen LogP contribution in [-0.2, 0) is 53.8 Å². The van der Waals surface area contributed by atoms with E-state index in [2.05, 4.69) is 128 Å². The van der Waals surface area contributed by atoms with Gasteiger partial charge in [0, 0.05) is 0 Å². The average molecular weight is 987 g/mol. The van der Waals surface area contributed by atoms with Crippen molar-refractivity contribution in [1.82, 2.24) is 0 Å². The van der Waals surface area contributed by atoms with Crippen LogP contribution in [0.25, 0.3) is 33.4 Å². The number of hydrogen-bond donors (Lipinski definition) is 0. The first-order valence-electron chi connectivity index (χ1n) is 20.5. The Morgan fingerprint density at radius 1 is 0.516 bits per heavy atom. The number of hydrogen-bond acceptors (Lipinski definition) is 0. The second kappa shape index (κ2) is 20.8. The summed E-state index contributed by atoms with van der Waals surface area (Å²) in [5.41, 5.74) is 15.9. The second-order valence-corrected chi connectivity index (χ2v) is 19.0. The van der Waals surface area contributed by atoms with Gasteiger partial charge >= 0.3 is 137 Å². The zero-order chi connectivity index (χ0) is 45.2. The van der Waals surface area contributed by atoms with Crippen LogP contribution in [0.2, 0.25) is 0 Å². The van der Waals surface area contributed by atoms with Crippen molar-refractivity contribution in [3.8, 4) is 33.4 Å². The first-order chi connectivity index (χ1) is 29.0. The van der Waals surface area contributed by atoms with Gasteiger partial charge in [-0.15, -0.1) is 28.8 Å². The van der Waals surface area contributed by atoms with Crippen molar-refractivity contribution in [1.29, 1.82) is 0 Å². The van der Waals surface area contributed by atoms with Gasteiger partial charge in [-0.05, 0) is 58.9 Å². The smallest absolute Gasteiger partial charge is 0.172 e. The summed E-state index contributed by atoms with van der Waals surface area (Å²) in [6.07, 6.45) is -7.88. The molecular weight excluding hydrogens is 937 g/mol. The summed E-state index contributed by atoms with van der Waals surface area (Å²) < 4.78 is 75.6. The summed E-state index contributed by atoms with van der Waals surface area (Å²) in [5, 5.41) is 0. The molecule has 332 valence electrons. The van der Waals surface area contributed by atoms with Crippen LogP contribution < -0.4 is 24.8 Å². The van der Waals surface area contributed by atoms with E-state index >= 15 is 0 Å². The molecule has 9 heteroatoms. The molecule has 64 heavy (non-hydrogen) atoms. The van der Waals surface area contributed by atoms with Crippen molar-refractivity contribution >= 4 is 3.21 Å². The van der Waals surface area contributed by atoms with Crippen molar-refractivity contribution < 1.29 is 75.4 Å². The minimum Gasteiger partial charge on any atom is -1.00 e. The number of alkyl halides is 6. The molecule has 0 saturated heterocycles. The summed E-state index contributed by atoms with van der Waals surface area (Å²) in [7, 11) is 0. The van der Waals surface area contributed by atoms with Crippen LogP contribution >= 0.6 is 0 Å². The van der Waals surface area contributed by atoms with Crippen LogP contribution in [0.15, 0.2) is 146 Å². The number of benzene rings is 6. The molecule has 0 atom stereocenters. The number of rotatable bonds is 4. The van der Waals surface area contributed by atoms with E-state index in [-0.39, 0.29) is 35.6 Å². The maximum absolute atomic E-state index is 12.5. The molecular formula is C55H50Cl2F6Zr-2. The van der Waals surface area contributed by atoms with Gasteiger partial charge in [0.15, 0.2) is 0 Å². The van der Waals surface area contributed by atoms with E-state index in [1.165, 1.54) is 91.0 Å². The number of fused-ring (bicyclic) bond motifs is 3. The Morgan fingerprint density at radius 2 is 0.953 bits per heavy atom. The van der Waals surface area contributed by atoms with Crippen LogP contribution in [-0.4, -0.2) is 3.21 Å². The van der Waals surface area contributed by atoms with E-state index in [0.717, 1.165) is 54.9 Å². The van der Waals surface area contributed by atoms with Gasteiger partial charge < -0.3 is 24.8 Å². The molecule has 0 fully saturated rings. The van der Waals surface area contributed by atoms with Crippen LogP contribution in [0, 0.1) is 19.9 Å². The predicted octanol–water partition coefficient (Wildman–Crippen LogP) is 9.86. The van der Waals surface area contributed by atoms with Gasteiger partial charge in [0.1, 0.15) is 0 Å². The number of halogens is 8. The first kappa shape index (κ1) is 52.2. The Kier molecular flexibility index (Phi) is 17.0. The molecule has 0 bridgehead atoms. The van der Waals surface area contributed by atoms with Crippen LogP contribution in [0.5, 0.6) is 0 Å². The Bertz CT molecular complexity index is 2470.